The van der Waals surface area contributed by atoms with Gasteiger partial charge in [-0.3, -0.25) is 4.79 Å². The minimum atomic E-state index is -0.524. The van der Waals surface area contributed by atoms with Gasteiger partial charge in [0.15, 0.2) is 6.61 Å². The van der Waals surface area contributed by atoms with Crippen molar-refractivity contribution in [1.82, 2.24) is 5.32 Å². The average molecular weight is 261 g/mol. The van der Waals surface area contributed by atoms with Gasteiger partial charge in [0.1, 0.15) is 0 Å². The van der Waals surface area contributed by atoms with Crippen LogP contribution in [-0.2, 0) is 14.3 Å². The molecule has 1 aromatic rings. The van der Waals surface area contributed by atoms with Gasteiger partial charge in [0.25, 0.3) is 5.91 Å². The van der Waals surface area contributed by atoms with E-state index in [-0.39, 0.29) is 12.5 Å². The zero-order valence-corrected chi connectivity index (χ0v) is 11.3. The van der Waals surface area contributed by atoms with Crippen molar-refractivity contribution < 1.29 is 14.3 Å². The molecule has 0 atom stereocenters. The molecule has 0 unspecified atom stereocenters. The molecule has 0 aromatic heterocycles. The standard InChI is InChI=1S/C15H19NO3/c1-12(2)10-16-14(17)11-19-15(18)9-8-13-6-4-3-5-7-13/h3-9,12H,10-11H2,1-2H3,(H,16,17)/b9-8+. The molecule has 0 heterocycles. The topological polar surface area (TPSA) is 55.4 Å². The molecule has 0 saturated heterocycles. The van der Waals surface area contributed by atoms with Crippen molar-refractivity contribution in [3.8, 4) is 0 Å². The summed E-state index contributed by atoms with van der Waals surface area (Å²) in [5.74, 6) is -0.434. The van der Waals surface area contributed by atoms with E-state index in [0.717, 1.165) is 5.56 Å². The van der Waals surface area contributed by atoms with E-state index in [1.165, 1.54) is 6.08 Å². The number of amides is 1. The normalized spacial score (nSPS) is 10.7. The molecular weight excluding hydrogens is 242 g/mol. The lowest BCUT2D eigenvalue weighted by molar-refractivity contribution is -0.143. The van der Waals surface area contributed by atoms with Crippen LogP contribution in [0, 0.1) is 5.92 Å². The maximum Gasteiger partial charge on any atom is 0.331 e. The van der Waals surface area contributed by atoms with Crippen LogP contribution in [0.15, 0.2) is 36.4 Å². The molecule has 0 bridgehead atoms. The van der Waals surface area contributed by atoms with Gasteiger partial charge in [0.05, 0.1) is 0 Å². The lowest BCUT2D eigenvalue weighted by Gasteiger charge is -2.07. The third-order valence-electron chi connectivity index (χ3n) is 2.26. The van der Waals surface area contributed by atoms with Crippen LogP contribution in [0.5, 0.6) is 0 Å². The number of hydrogen-bond acceptors (Lipinski definition) is 3. The number of hydrogen-bond donors (Lipinski definition) is 1. The molecule has 0 radical (unpaired) electrons. The van der Waals surface area contributed by atoms with Crippen molar-refractivity contribution in [2.45, 2.75) is 13.8 Å². The number of benzene rings is 1. The van der Waals surface area contributed by atoms with Crippen molar-refractivity contribution in [1.29, 1.82) is 0 Å². The molecule has 102 valence electrons. The lowest BCUT2D eigenvalue weighted by atomic mass is 10.2. The lowest BCUT2D eigenvalue weighted by Crippen LogP contribution is -2.31. The Morgan fingerprint density at radius 3 is 2.58 bits per heavy atom. The van der Waals surface area contributed by atoms with Crippen LogP contribution < -0.4 is 5.32 Å². The summed E-state index contributed by atoms with van der Waals surface area (Å²) in [5, 5.41) is 2.67. The van der Waals surface area contributed by atoms with E-state index in [4.69, 9.17) is 4.74 Å². The molecule has 0 aliphatic rings. The Balaban J connectivity index is 2.28. The first-order chi connectivity index (χ1) is 9.08. The van der Waals surface area contributed by atoms with Gasteiger partial charge in [-0.25, -0.2) is 4.79 Å². The molecular formula is C15H19NO3. The van der Waals surface area contributed by atoms with Crippen molar-refractivity contribution in [2.75, 3.05) is 13.2 Å². The van der Waals surface area contributed by atoms with E-state index in [0.29, 0.717) is 12.5 Å². The number of nitrogens with one attached hydrogen (secondary N) is 1. The third-order valence-corrected chi connectivity index (χ3v) is 2.26. The molecule has 0 aliphatic heterocycles. The first-order valence-electron chi connectivity index (χ1n) is 6.24. The zero-order chi connectivity index (χ0) is 14.1. The molecule has 1 aromatic carbocycles. The van der Waals surface area contributed by atoms with Crippen molar-refractivity contribution in [3.63, 3.8) is 0 Å². The minimum Gasteiger partial charge on any atom is -0.452 e. The Hall–Kier alpha value is -2.10. The Bertz CT molecular complexity index is 438. The second-order valence-electron chi connectivity index (χ2n) is 4.55. The average Bonchev–Trinajstić information content (AvgIpc) is 2.41. The smallest absolute Gasteiger partial charge is 0.331 e. The minimum absolute atomic E-state index is 0.245. The molecule has 1 amide bonds. The fourth-order valence-corrected chi connectivity index (χ4v) is 1.28. The summed E-state index contributed by atoms with van der Waals surface area (Å²) in [6.07, 6.45) is 2.96. The van der Waals surface area contributed by atoms with E-state index in [1.807, 2.05) is 44.2 Å². The molecule has 0 fully saturated rings. The van der Waals surface area contributed by atoms with E-state index in [1.54, 1.807) is 6.08 Å². The summed E-state index contributed by atoms with van der Waals surface area (Å²) in [7, 11) is 0. The molecule has 4 nitrogen and oxygen atoms in total. The zero-order valence-electron chi connectivity index (χ0n) is 11.3. The highest BCUT2D eigenvalue weighted by Crippen LogP contribution is 2.00. The highest BCUT2D eigenvalue weighted by molar-refractivity contribution is 5.89. The highest BCUT2D eigenvalue weighted by atomic mass is 16.5. The fourth-order valence-electron chi connectivity index (χ4n) is 1.28. The number of carbonyl (C=O) groups excluding carboxylic acids is 2. The SMILES string of the molecule is CC(C)CNC(=O)COC(=O)/C=C/c1ccccc1. The van der Waals surface area contributed by atoms with Gasteiger partial charge < -0.3 is 10.1 Å². The molecule has 4 heteroatoms. The van der Waals surface area contributed by atoms with Gasteiger partial charge in [-0.05, 0) is 17.6 Å². The summed E-state index contributed by atoms with van der Waals surface area (Å²) in [6.45, 7) is 4.32. The number of carbonyl (C=O) groups is 2. The van der Waals surface area contributed by atoms with Gasteiger partial charge in [-0.15, -0.1) is 0 Å². The van der Waals surface area contributed by atoms with Crippen LogP contribution in [-0.4, -0.2) is 25.0 Å². The quantitative estimate of drug-likeness (QED) is 0.629. The Morgan fingerprint density at radius 1 is 1.26 bits per heavy atom. The summed E-state index contributed by atoms with van der Waals surface area (Å²) in [5.41, 5.74) is 0.906. The maximum atomic E-state index is 11.4. The Morgan fingerprint density at radius 2 is 1.95 bits per heavy atom. The van der Waals surface area contributed by atoms with E-state index in [2.05, 4.69) is 5.32 Å². The van der Waals surface area contributed by atoms with Crippen LogP contribution >= 0.6 is 0 Å². The largest absolute Gasteiger partial charge is 0.452 e. The van der Waals surface area contributed by atoms with Gasteiger partial charge >= 0.3 is 5.97 Å². The summed E-state index contributed by atoms with van der Waals surface area (Å²) >= 11 is 0. The van der Waals surface area contributed by atoms with E-state index in [9.17, 15) is 9.59 Å². The van der Waals surface area contributed by atoms with Crippen molar-refractivity contribution in [2.24, 2.45) is 5.92 Å². The van der Waals surface area contributed by atoms with Crippen LogP contribution in [0.3, 0.4) is 0 Å². The third kappa shape index (κ3) is 7.03. The van der Waals surface area contributed by atoms with Gasteiger partial charge in [-0.1, -0.05) is 44.2 Å². The van der Waals surface area contributed by atoms with E-state index < -0.39 is 5.97 Å². The molecule has 1 N–H and O–H groups in total. The Labute approximate surface area is 113 Å². The van der Waals surface area contributed by atoms with Crippen molar-refractivity contribution >= 4 is 18.0 Å². The predicted octanol–water partition coefficient (Wildman–Crippen LogP) is 2.02. The highest BCUT2D eigenvalue weighted by Gasteiger charge is 2.05. The summed E-state index contributed by atoms with van der Waals surface area (Å²) in [6, 6.07) is 9.40. The first-order valence-corrected chi connectivity index (χ1v) is 6.24. The second kappa shape index (κ2) is 8.08. The second-order valence-corrected chi connectivity index (χ2v) is 4.55. The van der Waals surface area contributed by atoms with Gasteiger partial charge in [0.2, 0.25) is 0 Å². The summed E-state index contributed by atoms with van der Waals surface area (Å²) < 4.78 is 4.82. The van der Waals surface area contributed by atoms with Crippen molar-refractivity contribution in [3.05, 3.63) is 42.0 Å². The molecule has 0 spiro atoms. The van der Waals surface area contributed by atoms with Crippen LogP contribution in [0.2, 0.25) is 0 Å². The van der Waals surface area contributed by atoms with Crippen LogP contribution in [0.25, 0.3) is 6.08 Å². The Kier molecular flexibility index (Phi) is 6.36. The van der Waals surface area contributed by atoms with Crippen LogP contribution in [0.4, 0.5) is 0 Å². The molecule has 0 aliphatic carbocycles. The van der Waals surface area contributed by atoms with E-state index >= 15 is 0 Å². The first kappa shape index (κ1) is 15.0. The molecule has 19 heavy (non-hydrogen) atoms. The van der Waals surface area contributed by atoms with Gasteiger partial charge in [0, 0.05) is 12.6 Å². The van der Waals surface area contributed by atoms with Crippen LogP contribution in [0.1, 0.15) is 19.4 Å². The fraction of sp³-hybridized carbons (Fsp3) is 0.333. The molecule has 1 rings (SSSR count). The number of ether oxygens (including phenoxy) is 1. The number of esters is 1. The predicted molar refractivity (Wildman–Crippen MR) is 74.3 cm³/mol. The summed E-state index contributed by atoms with van der Waals surface area (Å²) in [4.78, 5) is 22.7. The number of rotatable bonds is 6. The monoisotopic (exact) mass is 261 g/mol. The van der Waals surface area contributed by atoms with Gasteiger partial charge in [-0.2, -0.15) is 0 Å². The maximum absolute atomic E-state index is 11.4. The molecule has 0 saturated carbocycles.